The summed E-state index contributed by atoms with van der Waals surface area (Å²) in [6, 6.07) is -0.641. The predicted molar refractivity (Wildman–Crippen MR) is 282 cm³/mol. The highest BCUT2D eigenvalue weighted by Crippen LogP contribution is 2.15. The van der Waals surface area contributed by atoms with Crippen molar-refractivity contribution in [2.75, 3.05) is 13.2 Å². The molecule has 3 N–H and O–H groups in total. The summed E-state index contributed by atoms with van der Waals surface area (Å²) in [4.78, 5) is 24.5. The van der Waals surface area contributed by atoms with Crippen LogP contribution in [0.4, 0.5) is 0 Å². The fraction of sp³-hybridized carbons (Fsp3) is 0.831. The summed E-state index contributed by atoms with van der Waals surface area (Å²) in [6.07, 6.45) is 68.3. The van der Waals surface area contributed by atoms with Crippen LogP contribution in [0.3, 0.4) is 0 Å². The van der Waals surface area contributed by atoms with Crippen LogP contribution in [0.5, 0.6) is 0 Å². The zero-order chi connectivity index (χ0) is 47.2. The zero-order valence-electron chi connectivity index (χ0n) is 43.2. The number of carbonyl (C=O) groups excluding carboxylic acids is 2. The molecule has 0 aromatic carbocycles. The Morgan fingerprint density at radius 2 is 0.769 bits per heavy atom. The second-order valence-corrected chi connectivity index (χ2v) is 19.3. The van der Waals surface area contributed by atoms with Gasteiger partial charge in [0, 0.05) is 12.8 Å². The second-order valence-electron chi connectivity index (χ2n) is 19.3. The number of aliphatic hydroxyl groups is 2. The third-order valence-electron chi connectivity index (χ3n) is 12.8. The minimum atomic E-state index is -0.856. The molecule has 1 amide bonds. The van der Waals surface area contributed by atoms with Crippen molar-refractivity contribution < 1.29 is 24.5 Å². The van der Waals surface area contributed by atoms with E-state index < -0.39 is 12.1 Å². The highest BCUT2D eigenvalue weighted by molar-refractivity contribution is 5.76. The summed E-state index contributed by atoms with van der Waals surface area (Å²) in [5, 5.41) is 23.1. The fourth-order valence-corrected chi connectivity index (χ4v) is 8.42. The van der Waals surface area contributed by atoms with Crippen LogP contribution in [-0.2, 0) is 14.3 Å². The number of allylic oxidation sites excluding steroid dienone is 7. The summed E-state index contributed by atoms with van der Waals surface area (Å²) >= 11 is 0. The Morgan fingerprint density at radius 1 is 0.431 bits per heavy atom. The van der Waals surface area contributed by atoms with Crippen LogP contribution in [0.15, 0.2) is 48.6 Å². The average Bonchev–Trinajstić information content (AvgIpc) is 3.31. The van der Waals surface area contributed by atoms with E-state index in [9.17, 15) is 19.8 Å². The predicted octanol–water partition coefficient (Wildman–Crippen LogP) is 17.4. The molecule has 0 saturated heterocycles. The van der Waals surface area contributed by atoms with Gasteiger partial charge < -0.3 is 20.3 Å². The van der Waals surface area contributed by atoms with Gasteiger partial charge in [-0.25, -0.2) is 0 Å². The molecule has 0 radical (unpaired) electrons. The van der Waals surface area contributed by atoms with Crippen LogP contribution in [0.25, 0.3) is 0 Å². The zero-order valence-corrected chi connectivity index (χ0v) is 43.2. The van der Waals surface area contributed by atoms with Gasteiger partial charge in [0.2, 0.25) is 5.91 Å². The van der Waals surface area contributed by atoms with Gasteiger partial charge in [0.15, 0.2) is 0 Å². The Hall–Kier alpha value is -2.18. The molecular formula is C59H109NO5. The monoisotopic (exact) mass is 912 g/mol. The largest absolute Gasteiger partial charge is 0.466 e. The summed E-state index contributed by atoms with van der Waals surface area (Å²) < 4.78 is 5.47. The summed E-state index contributed by atoms with van der Waals surface area (Å²) in [5.74, 6) is -0.0978. The minimum absolute atomic E-state index is 0.0122. The molecule has 0 rings (SSSR count). The van der Waals surface area contributed by atoms with Crippen molar-refractivity contribution >= 4 is 11.9 Å². The van der Waals surface area contributed by atoms with Gasteiger partial charge in [-0.1, -0.05) is 236 Å². The number of amides is 1. The van der Waals surface area contributed by atoms with Crippen molar-refractivity contribution in [3.8, 4) is 0 Å². The molecule has 0 saturated carbocycles. The van der Waals surface area contributed by atoms with E-state index in [1.807, 2.05) is 6.08 Å². The quantitative estimate of drug-likeness (QED) is 0.0321. The molecule has 0 aliphatic rings. The third-order valence-corrected chi connectivity index (χ3v) is 12.8. The third kappa shape index (κ3) is 51.1. The first-order valence-electron chi connectivity index (χ1n) is 28.4. The molecule has 0 heterocycles. The summed E-state index contributed by atoms with van der Waals surface area (Å²) in [6.45, 7) is 4.85. The number of carbonyl (C=O) groups is 2. The number of aliphatic hydroxyl groups excluding tert-OH is 2. The molecule has 380 valence electrons. The van der Waals surface area contributed by atoms with Gasteiger partial charge in [0.05, 0.1) is 25.4 Å². The van der Waals surface area contributed by atoms with E-state index in [-0.39, 0.29) is 18.5 Å². The molecule has 0 fully saturated rings. The minimum Gasteiger partial charge on any atom is -0.466 e. The molecule has 65 heavy (non-hydrogen) atoms. The number of esters is 1. The van der Waals surface area contributed by atoms with Crippen LogP contribution < -0.4 is 5.32 Å². The van der Waals surface area contributed by atoms with Crippen LogP contribution in [0.2, 0.25) is 0 Å². The highest BCUT2D eigenvalue weighted by atomic mass is 16.5. The molecule has 2 unspecified atom stereocenters. The molecule has 0 aliphatic carbocycles. The molecular weight excluding hydrogens is 803 g/mol. The maximum Gasteiger partial charge on any atom is 0.305 e. The number of nitrogens with one attached hydrogen (secondary N) is 1. The molecule has 0 aromatic rings. The molecule has 0 bridgehead atoms. The van der Waals surface area contributed by atoms with Crippen molar-refractivity contribution in [1.82, 2.24) is 5.32 Å². The van der Waals surface area contributed by atoms with Gasteiger partial charge in [-0.2, -0.15) is 0 Å². The van der Waals surface area contributed by atoms with Crippen LogP contribution in [-0.4, -0.2) is 47.4 Å². The Kier molecular flexibility index (Phi) is 52.6. The highest BCUT2D eigenvalue weighted by Gasteiger charge is 2.18. The smallest absolute Gasteiger partial charge is 0.305 e. The van der Waals surface area contributed by atoms with Gasteiger partial charge in [0.1, 0.15) is 0 Å². The number of unbranched alkanes of at least 4 members (excludes halogenated alkanes) is 35. The fourth-order valence-electron chi connectivity index (χ4n) is 8.42. The van der Waals surface area contributed by atoms with Crippen molar-refractivity contribution in [2.45, 2.75) is 302 Å². The topological polar surface area (TPSA) is 95.9 Å². The lowest BCUT2D eigenvalue weighted by atomic mass is 10.0. The van der Waals surface area contributed by atoms with Gasteiger partial charge in [-0.3, -0.25) is 9.59 Å². The Balaban J connectivity index is 3.50. The lowest BCUT2D eigenvalue weighted by Crippen LogP contribution is -2.45. The maximum absolute atomic E-state index is 12.4. The van der Waals surface area contributed by atoms with E-state index in [0.29, 0.717) is 19.4 Å². The van der Waals surface area contributed by atoms with E-state index in [2.05, 4.69) is 55.6 Å². The van der Waals surface area contributed by atoms with E-state index in [1.165, 1.54) is 193 Å². The summed E-state index contributed by atoms with van der Waals surface area (Å²) in [5.41, 5.74) is 0. The van der Waals surface area contributed by atoms with E-state index in [0.717, 1.165) is 70.6 Å². The van der Waals surface area contributed by atoms with Gasteiger partial charge in [-0.15, -0.1) is 0 Å². The SMILES string of the molecule is CCCCC/C=C\C/C=C\CCCCCCCCCC(=O)OCCCCCCCCC/C=C\CCCCCCCC(=O)NC(CO)C(O)/C=C/CCCCCCCCCCCCCCC. The van der Waals surface area contributed by atoms with Crippen LogP contribution >= 0.6 is 0 Å². The number of ether oxygens (including phenoxy) is 1. The first kappa shape index (κ1) is 62.8. The van der Waals surface area contributed by atoms with E-state index >= 15 is 0 Å². The average molecular weight is 913 g/mol. The normalized spacial score (nSPS) is 13.0. The molecule has 0 spiro atoms. The first-order chi connectivity index (χ1) is 32.0. The van der Waals surface area contributed by atoms with Crippen LogP contribution in [0, 0.1) is 0 Å². The lowest BCUT2D eigenvalue weighted by molar-refractivity contribution is -0.143. The van der Waals surface area contributed by atoms with Gasteiger partial charge >= 0.3 is 5.97 Å². The molecule has 6 heteroatoms. The van der Waals surface area contributed by atoms with Gasteiger partial charge in [-0.05, 0) is 89.9 Å². The molecule has 2 atom stereocenters. The van der Waals surface area contributed by atoms with Crippen molar-refractivity contribution in [3.63, 3.8) is 0 Å². The first-order valence-corrected chi connectivity index (χ1v) is 28.4. The standard InChI is InChI=1S/C59H109NO5/c1-3-5-7-9-11-13-15-17-19-20-25-29-33-37-41-45-49-53-59(64)65-54-50-46-42-38-34-30-26-22-21-24-28-32-36-40-44-48-52-58(63)60-56(55-61)57(62)51-47-43-39-35-31-27-23-18-16-14-12-10-8-6-4-2/h11,13,17,19,21,24,47,51,56-57,61-62H,3-10,12,14-16,18,20,22-23,25-46,48-50,52-55H2,1-2H3,(H,60,63)/b13-11-,19-17-,24-21-,51-47+. The molecule has 0 aromatic heterocycles. The molecule has 6 nitrogen and oxygen atoms in total. The second kappa shape index (κ2) is 54.4. The molecule has 0 aliphatic heterocycles. The number of rotatable bonds is 52. The lowest BCUT2D eigenvalue weighted by Gasteiger charge is -2.20. The van der Waals surface area contributed by atoms with Crippen molar-refractivity contribution in [3.05, 3.63) is 48.6 Å². The maximum atomic E-state index is 12.4. The van der Waals surface area contributed by atoms with Crippen molar-refractivity contribution in [2.24, 2.45) is 0 Å². The number of hydrogen-bond acceptors (Lipinski definition) is 5. The Morgan fingerprint density at radius 3 is 1.22 bits per heavy atom. The Bertz CT molecular complexity index is 1100. The van der Waals surface area contributed by atoms with Gasteiger partial charge in [0.25, 0.3) is 0 Å². The van der Waals surface area contributed by atoms with Crippen LogP contribution in [0.1, 0.15) is 290 Å². The Labute approximate surface area is 404 Å². The van der Waals surface area contributed by atoms with E-state index in [4.69, 9.17) is 4.74 Å². The van der Waals surface area contributed by atoms with Crippen molar-refractivity contribution in [1.29, 1.82) is 0 Å². The number of hydrogen-bond donors (Lipinski definition) is 3. The van der Waals surface area contributed by atoms with E-state index in [1.54, 1.807) is 6.08 Å². The summed E-state index contributed by atoms with van der Waals surface area (Å²) in [7, 11) is 0.